The molecule has 0 heterocycles. The predicted octanol–water partition coefficient (Wildman–Crippen LogP) is 2.70. The van der Waals surface area contributed by atoms with Gasteiger partial charge in [0.2, 0.25) is 5.91 Å². The van der Waals surface area contributed by atoms with Gasteiger partial charge in [0.25, 0.3) is 0 Å². The number of methoxy groups -OCH3 is 1. The van der Waals surface area contributed by atoms with Gasteiger partial charge in [0.15, 0.2) is 0 Å². The van der Waals surface area contributed by atoms with Crippen molar-refractivity contribution in [1.82, 2.24) is 0 Å². The van der Waals surface area contributed by atoms with Crippen LogP contribution in [0.5, 0.6) is 5.75 Å². The van der Waals surface area contributed by atoms with Crippen LogP contribution in [0.3, 0.4) is 0 Å². The van der Waals surface area contributed by atoms with Gasteiger partial charge in [0, 0.05) is 6.42 Å². The average Bonchev–Trinajstić information content (AvgIpc) is 3.16. The van der Waals surface area contributed by atoms with E-state index in [9.17, 15) is 4.79 Å². The first-order valence-electron chi connectivity index (χ1n) is 6.54. The minimum absolute atomic E-state index is 0.194. The van der Waals surface area contributed by atoms with Crippen LogP contribution in [-0.2, 0) is 4.79 Å². The molecule has 0 bridgehead atoms. The number of benzene rings is 1. The van der Waals surface area contributed by atoms with Crippen molar-refractivity contribution >= 4 is 5.91 Å². The molecule has 98 valence electrons. The molecule has 1 aromatic rings. The average molecular weight is 247 g/mol. The first kappa shape index (κ1) is 12.9. The molecule has 2 rings (SSSR count). The Bertz CT molecular complexity index is 430. The number of amides is 1. The summed E-state index contributed by atoms with van der Waals surface area (Å²) in [5.74, 6) is 2.61. The van der Waals surface area contributed by atoms with Crippen molar-refractivity contribution in [2.24, 2.45) is 17.6 Å². The van der Waals surface area contributed by atoms with E-state index in [0.29, 0.717) is 24.2 Å². The molecule has 1 aliphatic carbocycles. The fourth-order valence-corrected chi connectivity index (χ4v) is 2.68. The highest BCUT2D eigenvalue weighted by Crippen LogP contribution is 2.53. The molecule has 3 atom stereocenters. The van der Waals surface area contributed by atoms with Crippen LogP contribution in [0.15, 0.2) is 24.3 Å². The predicted molar refractivity (Wildman–Crippen MR) is 71.4 cm³/mol. The summed E-state index contributed by atoms with van der Waals surface area (Å²) in [5, 5.41) is 0. The number of hydrogen-bond acceptors (Lipinski definition) is 2. The number of hydrogen-bond donors (Lipinski definition) is 1. The van der Waals surface area contributed by atoms with E-state index >= 15 is 0 Å². The Labute approximate surface area is 108 Å². The molecule has 0 radical (unpaired) electrons. The summed E-state index contributed by atoms with van der Waals surface area (Å²) in [6.07, 6.45) is 2.62. The number of carbonyl (C=O) groups excluding carboxylic acids is 1. The van der Waals surface area contributed by atoms with Gasteiger partial charge in [-0.25, -0.2) is 0 Å². The highest BCUT2D eigenvalue weighted by atomic mass is 16.5. The molecule has 1 aliphatic rings. The third-order valence-corrected chi connectivity index (χ3v) is 3.94. The van der Waals surface area contributed by atoms with Crippen LogP contribution in [0.25, 0.3) is 0 Å². The van der Waals surface area contributed by atoms with E-state index in [1.807, 2.05) is 12.1 Å². The van der Waals surface area contributed by atoms with E-state index in [4.69, 9.17) is 10.5 Å². The molecule has 1 aromatic carbocycles. The van der Waals surface area contributed by atoms with Crippen LogP contribution >= 0.6 is 0 Å². The molecule has 1 amide bonds. The molecular formula is C15H21NO2. The Hall–Kier alpha value is -1.51. The normalized spacial score (nSPS) is 23.4. The zero-order valence-electron chi connectivity index (χ0n) is 11.1. The number of nitrogens with two attached hydrogens (primary N) is 1. The highest BCUT2D eigenvalue weighted by Gasteiger charge is 2.41. The van der Waals surface area contributed by atoms with E-state index in [1.165, 1.54) is 12.0 Å². The lowest BCUT2D eigenvalue weighted by atomic mass is 9.96. The molecule has 0 saturated heterocycles. The van der Waals surface area contributed by atoms with E-state index < -0.39 is 0 Å². The summed E-state index contributed by atoms with van der Waals surface area (Å²) >= 11 is 0. The van der Waals surface area contributed by atoms with Crippen LogP contribution in [0.1, 0.15) is 37.7 Å². The Kier molecular flexibility index (Phi) is 3.90. The van der Waals surface area contributed by atoms with E-state index in [2.05, 4.69) is 19.1 Å². The summed E-state index contributed by atoms with van der Waals surface area (Å²) < 4.78 is 5.25. The SMILES string of the molecule is COc1cccc(C2CC2C(C)CCC(N)=O)c1. The standard InChI is InChI=1S/C15H21NO2/c1-10(6-7-15(16)17)13-9-14(13)11-4-3-5-12(8-11)18-2/h3-5,8,10,13-14H,6-7,9H2,1-2H3,(H2,16,17). The summed E-state index contributed by atoms with van der Waals surface area (Å²) in [4.78, 5) is 10.8. The largest absolute Gasteiger partial charge is 0.497 e. The van der Waals surface area contributed by atoms with Gasteiger partial charge >= 0.3 is 0 Å². The van der Waals surface area contributed by atoms with Gasteiger partial charge in [-0.15, -0.1) is 0 Å². The smallest absolute Gasteiger partial charge is 0.217 e. The Balaban J connectivity index is 1.91. The van der Waals surface area contributed by atoms with E-state index in [0.717, 1.165) is 12.2 Å². The van der Waals surface area contributed by atoms with Crippen LogP contribution in [0, 0.1) is 11.8 Å². The molecule has 2 N–H and O–H groups in total. The highest BCUT2D eigenvalue weighted by molar-refractivity contribution is 5.73. The lowest BCUT2D eigenvalue weighted by molar-refractivity contribution is -0.118. The zero-order chi connectivity index (χ0) is 13.1. The molecule has 3 unspecified atom stereocenters. The molecular weight excluding hydrogens is 226 g/mol. The maximum absolute atomic E-state index is 10.8. The molecule has 3 nitrogen and oxygen atoms in total. The fraction of sp³-hybridized carbons (Fsp3) is 0.533. The molecule has 0 aromatic heterocycles. The number of ether oxygens (including phenoxy) is 1. The molecule has 18 heavy (non-hydrogen) atoms. The van der Waals surface area contributed by atoms with Gasteiger partial charge in [-0.3, -0.25) is 4.79 Å². The van der Waals surface area contributed by atoms with Crippen molar-refractivity contribution in [3.63, 3.8) is 0 Å². The minimum atomic E-state index is -0.194. The number of primary amides is 1. The lowest BCUT2D eigenvalue weighted by Crippen LogP contribution is -2.12. The lowest BCUT2D eigenvalue weighted by Gasteiger charge is -2.10. The maximum Gasteiger partial charge on any atom is 0.217 e. The van der Waals surface area contributed by atoms with Crippen molar-refractivity contribution in [1.29, 1.82) is 0 Å². The topological polar surface area (TPSA) is 52.3 Å². The van der Waals surface area contributed by atoms with Gasteiger partial charge in [-0.1, -0.05) is 19.1 Å². The first-order valence-corrected chi connectivity index (χ1v) is 6.54. The van der Waals surface area contributed by atoms with Gasteiger partial charge in [-0.2, -0.15) is 0 Å². The van der Waals surface area contributed by atoms with Crippen LogP contribution in [0.4, 0.5) is 0 Å². The Morgan fingerprint density at radius 1 is 1.56 bits per heavy atom. The van der Waals surface area contributed by atoms with Crippen molar-refractivity contribution < 1.29 is 9.53 Å². The monoisotopic (exact) mass is 247 g/mol. The van der Waals surface area contributed by atoms with Crippen LogP contribution in [-0.4, -0.2) is 13.0 Å². The van der Waals surface area contributed by atoms with Gasteiger partial charge in [0.1, 0.15) is 5.75 Å². The molecule has 0 spiro atoms. The van der Waals surface area contributed by atoms with Gasteiger partial charge in [-0.05, 0) is 48.3 Å². The number of carbonyl (C=O) groups is 1. The summed E-state index contributed by atoms with van der Waals surface area (Å²) in [6.45, 7) is 2.22. The maximum atomic E-state index is 10.8. The summed E-state index contributed by atoms with van der Waals surface area (Å²) in [7, 11) is 1.69. The number of rotatable bonds is 6. The third kappa shape index (κ3) is 3.03. The third-order valence-electron chi connectivity index (χ3n) is 3.94. The van der Waals surface area contributed by atoms with Gasteiger partial charge < -0.3 is 10.5 Å². The Morgan fingerprint density at radius 2 is 2.33 bits per heavy atom. The van der Waals surface area contributed by atoms with Crippen LogP contribution in [0.2, 0.25) is 0 Å². The summed E-state index contributed by atoms with van der Waals surface area (Å²) in [5.41, 5.74) is 6.54. The second-order valence-corrected chi connectivity index (χ2v) is 5.26. The molecule has 1 saturated carbocycles. The zero-order valence-corrected chi connectivity index (χ0v) is 11.1. The molecule has 3 heteroatoms. The van der Waals surface area contributed by atoms with Gasteiger partial charge in [0.05, 0.1) is 7.11 Å². The fourth-order valence-electron chi connectivity index (χ4n) is 2.68. The second-order valence-electron chi connectivity index (χ2n) is 5.26. The van der Waals surface area contributed by atoms with Crippen molar-refractivity contribution in [2.75, 3.05) is 7.11 Å². The summed E-state index contributed by atoms with van der Waals surface area (Å²) in [6, 6.07) is 8.29. The second kappa shape index (κ2) is 5.42. The van der Waals surface area contributed by atoms with Crippen LogP contribution < -0.4 is 10.5 Å². The molecule has 1 fully saturated rings. The van der Waals surface area contributed by atoms with Crippen molar-refractivity contribution in [3.05, 3.63) is 29.8 Å². The quantitative estimate of drug-likeness (QED) is 0.840. The van der Waals surface area contributed by atoms with E-state index in [-0.39, 0.29) is 5.91 Å². The van der Waals surface area contributed by atoms with E-state index in [1.54, 1.807) is 7.11 Å². The van der Waals surface area contributed by atoms with Crippen molar-refractivity contribution in [3.8, 4) is 5.75 Å². The minimum Gasteiger partial charge on any atom is -0.497 e. The first-order chi connectivity index (χ1) is 8.61. The van der Waals surface area contributed by atoms with Crippen molar-refractivity contribution in [2.45, 2.75) is 32.1 Å². The molecule has 0 aliphatic heterocycles. The Morgan fingerprint density at radius 3 is 3.00 bits per heavy atom.